The first-order valence-electron chi connectivity index (χ1n) is 7.75. The number of aromatic nitrogens is 2. The first-order chi connectivity index (χ1) is 11.2. The molecule has 0 aliphatic carbocycles. The SMILES string of the molecule is Cc1nccn1CC(=O)N1CCO[C@H](CO)[C@H]1c1ccccc1. The van der Waals surface area contributed by atoms with Gasteiger partial charge in [0, 0.05) is 18.9 Å². The van der Waals surface area contributed by atoms with E-state index in [0.717, 1.165) is 11.4 Å². The van der Waals surface area contributed by atoms with Gasteiger partial charge in [-0.25, -0.2) is 4.98 Å². The fourth-order valence-corrected chi connectivity index (χ4v) is 3.02. The first-order valence-corrected chi connectivity index (χ1v) is 7.75. The Hall–Kier alpha value is -2.18. The Morgan fingerprint density at radius 1 is 1.39 bits per heavy atom. The number of carbonyl (C=O) groups is 1. The summed E-state index contributed by atoms with van der Waals surface area (Å²) in [6.07, 6.45) is 3.08. The van der Waals surface area contributed by atoms with Crippen molar-refractivity contribution in [3.63, 3.8) is 0 Å². The molecule has 122 valence electrons. The third-order valence-corrected chi connectivity index (χ3v) is 4.22. The van der Waals surface area contributed by atoms with E-state index in [0.29, 0.717) is 13.2 Å². The molecule has 0 radical (unpaired) electrons. The summed E-state index contributed by atoms with van der Waals surface area (Å²) in [6.45, 7) is 2.95. The van der Waals surface area contributed by atoms with Crippen LogP contribution in [0.2, 0.25) is 0 Å². The van der Waals surface area contributed by atoms with E-state index >= 15 is 0 Å². The zero-order valence-electron chi connectivity index (χ0n) is 13.1. The van der Waals surface area contributed by atoms with Gasteiger partial charge in [0.25, 0.3) is 0 Å². The van der Waals surface area contributed by atoms with Crippen LogP contribution in [-0.4, -0.2) is 51.3 Å². The molecule has 1 fully saturated rings. The molecule has 1 aliphatic rings. The molecule has 1 aromatic heterocycles. The smallest absolute Gasteiger partial charge is 0.243 e. The highest BCUT2D eigenvalue weighted by Crippen LogP contribution is 2.29. The first kappa shape index (κ1) is 15.7. The number of benzene rings is 1. The van der Waals surface area contributed by atoms with Gasteiger partial charge in [0.05, 0.1) is 19.3 Å². The summed E-state index contributed by atoms with van der Waals surface area (Å²) in [5.41, 5.74) is 0.974. The molecule has 1 amide bonds. The van der Waals surface area contributed by atoms with Crippen molar-refractivity contribution >= 4 is 5.91 Å². The van der Waals surface area contributed by atoms with Crippen molar-refractivity contribution in [2.24, 2.45) is 0 Å². The number of rotatable bonds is 4. The average molecular weight is 315 g/mol. The zero-order valence-corrected chi connectivity index (χ0v) is 13.1. The highest BCUT2D eigenvalue weighted by Gasteiger charge is 2.35. The maximum absolute atomic E-state index is 12.8. The van der Waals surface area contributed by atoms with Crippen LogP contribution in [0.15, 0.2) is 42.7 Å². The third kappa shape index (κ3) is 3.28. The van der Waals surface area contributed by atoms with Crippen LogP contribution in [0.1, 0.15) is 17.4 Å². The van der Waals surface area contributed by atoms with Crippen LogP contribution in [0.3, 0.4) is 0 Å². The van der Waals surface area contributed by atoms with Crippen LogP contribution in [0.25, 0.3) is 0 Å². The molecular weight excluding hydrogens is 294 g/mol. The van der Waals surface area contributed by atoms with Gasteiger partial charge in [-0.2, -0.15) is 0 Å². The fourth-order valence-electron chi connectivity index (χ4n) is 3.02. The summed E-state index contributed by atoms with van der Waals surface area (Å²) in [4.78, 5) is 18.8. The fraction of sp³-hybridized carbons (Fsp3) is 0.412. The number of morpholine rings is 1. The molecule has 0 spiro atoms. The Bertz CT molecular complexity index is 656. The quantitative estimate of drug-likeness (QED) is 0.919. The Morgan fingerprint density at radius 3 is 2.83 bits per heavy atom. The largest absolute Gasteiger partial charge is 0.394 e. The van der Waals surface area contributed by atoms with Gasteiger partial charge in [-0.3, -0.25) is 4.79 Å². The molecule has 0 saturated carbocycles. The van der Waals surface area contributed by atoms with E-state index in [4.69, 9.17) is 4.74 Å². The second-order valence-electron chi connectivity index (χ2n) is 5.64. The van der Waals surface area contributed by atoms with Gasteiger partial charge in [0.2, 0.25) is 5.91 Å². The van der Waals surface area contributed by atoms with Crippen molar-refractivity contribution in [1.29, 1.82) is 0 Å². The Morgan fingerprint density at radius 2 is 2.17 bits per heavy atom. The monoisotopic (exact) mass is 315 g/mol. The minimum absolute atomic E-state index is 0.00158. The van der Waals surface area contributed by atoms with Gasteiger partial charge in [0.15, 0.2) is 0 Å². The van der Waals surface area contributed by atoms with E-state index in [2.05, 4.69) is 4.98 Å². The van der Waals surface area contributed by atoms with Crippen LogP contribution < -0.4 is 0 Å². The molecule has 2 aromatic rings. The number of ether oxygens (including phenoxy) is 1. The van der Waals surface area contributed by atoms with Crippen molar-refractivity contribution in [1.82, 2.24) is 14.5 Å². The molecule has 1 aromatic carbocycles. The molecule has 1 saturated heterocycles. The number of aliphatic hydroxyl groups is 1. The van der Waals surface area contributed by atoms with Gasteiger partial charge in [-0.15, -0.1) is 0 Å². The molecule has 6 nitrogen and oxygen atoms in total. The number of imidazole rings is 1. The van der Waals surface area contributed by atoms with Crippen LogP contribution in [-0.2, 0) is 16.1 Å². The van der Waals surface area contributed by atoms with Crippen LogP contribution >= 0.6 is 0 Å². The predicted molar refractivity (Wildman–Crippen MR) is 84.7 cm³/mol. The molecule has 1 aliphatic heterocycles. The zero-order chi connectivity index (χ0) is 16.2. The number of aliphatic hydroxyl groups excluding tert-OH is 1. The van der Waals surface area contributed by atoms with Crippen molar-refractivity contribution in [2.45, 2.75) is 25.6 Å². The summed E-state index contributed by atoms with van der Waals surface area (Å²) in [7, 11) is 0. The van der Waals surface area contributed by atoms with E-state index in [1.54, 1.807) is 17.3 Å². The highest BCUT2D eigenvalue weighted by atomic mass is 16.5. The molecule has 6 heteroatoms. The van der Waals surface area contributed by atoms with Gasteiger partial charge >= 0.3 is 0 Å². The number of hydrogen-bond donors (Lipinski definition) is 1. The lowest BCUT2D eigenvalue weighted by Crippen LogP contribution is -2.50. The van der Waals surface area contributed by atoms with E-state index in [9.17, 15) is 9.90 Å². The minimum Gasteiger partial charge on any atom is -0.394 e. The van der Waals surface area contributed by atoms with E-state index in [-0.39, 0.29) is 25.1 Å². The van der Waals surface area contributed by atoms with Crippen LogP contribution in [0.4, 0.5) is 0 Å². The van der Waals surface area contributed by atoms with Gasteiger partial charge in [-0.05, 0) is 12.5 Å². The molecule has 3 rings (SSSR count). The molecule has 23 heavy (non-hydrogen) atoms. The summed E-state index contributed by atoms with van der Waals surface area (Å²) >= 11 is 0. The third-order valence-electron chi connectivity index (χ3n) is 4.22. The number of carbonyl (C=O) groups excluding carboxylic acids is 1. The second kappa shape index (κ2) is 6.93. The molecule has 2 heterocycles. The molecular formula is C17H21N3O3. The lowest BCUT2D eigenvalue weighted by atomic mass is 9.98. The molecule has 0 bridgehead atoms. The normalized spacial score (nSPS) is 21.4. The van der Waals surface area contributed by atoms with Crippen molar-refractivity contribution < 1.29 is 14.6 Å². The van der Waals surface area contributed by atoms with Gasteiger partial charge in [0.1, 0.15) is 18.5 Å². The summed E-state index contributed by atoms with van der Waals surface area (Å²) < 4.78 is 7.50. The van der Waals surface area contributed by atoms with Crippen molar-refractivity contribution in [3.05, 3.63) is 54.1 Å². The Labute approximate surface area is 135 Å². The number of nitrogens with zero attached hydrogens (tertiary/aromatic N) is 3. The standard InChI is InChI=1S/C17H21N3O3/c1-13-18-7-8-19(13)11-16(22)20-9-10-23-15(12-21)17(20)14-5-3-2-4-6-14/h2-8,15,17,21H,9-12H2,1H3/t15-,17-/m1/s1. The Kier molecular flexibility index (Phi) is 4.73. The van der Waals surface area contributed by atoms with E-state index in [1.165, 1.54) is 0 Å². The van der Waals surface area contributed by atoms with Crippen molar-refractivity contribution in [3.8, 4) is 0 Å². The number of hydrogen-bond acceptors (Lipinski definition) is 4. The minimum atomic E-state index is -0.404. The lowest BCUT2D eigenvalue weighted by molar-refractivity contribution is -0.150. The average Bonchev–Trinajstić information content (AvgIpc) is 2.99. The van der Waals surface area contributed by atoms with Gasteiger partial charge < -0.3 is 19.3 Å². The summed E-state index contributed by atoms with van der Waals surface area (Å²) in [6, 6.07) is 9.45. The predicted octanol–water partition coefficient (Wildman–Crippen LogP) is 1.15. The molecule has 2 atom stereocenters. The van der Waals surface area contributed by atoms with Crippen LogP contribution in [0.5, 0.6) is 0 Å². The van der Waals surface area contributed by atoms with Crippen LogP contribution in [0, 0.1) is 6.92 Å². The maximum atomic E-state index is 12.8. The number of amides is 1. The topological polar surface area (TPSA) is 67.6 Å². The second-order valence-corrected chi connectivity index (χ2v) is 5.64. The van der Waals surface area contributed by atoms with E-state index < -0.39 is 6.10 Å². The highest BCUT2D eigenvalue weighted by molar-refractivity contribution is 5.77. The van der Waals surface area contributed by atoms with Gasteiger partial charge in [-0.1, -0.05) is 30.3 Å². The maximum Gasteiger partial charge on any atom is 0.243 e. The number of aryl methyl sites for hydroxylation is 1. The van der Waals surface area contributed by atoms with E-state index in [1.807, 2.05) is 41.8 Å². The van der Waals surface area contributed by atoms with Crippen molar-refractivity contribution in [2.75, 3.05) is 19.8 Å². The molecule has 0 unspecified atom stereocenters. The lowest BCUT2D eigenvalue weighted by Gasteiger charge is -2.41. The summed E-state index contributed by atoms with van der Waals surface area (Å²) in [5, 5.41) is 9.64. The molecule has 1 N–H and O–H groups in total. The summed E-state index contributed by atoms with van der Waals surface area (Å²) in [5.74, 6) is 0.809. The Balaban J connectivity index is 1.85.